The van der Waals surface area contributed by atoms with Crippen LogP contribution in [0.25, 0.3) is 0 Å². The standard InChI is InChI=1S/C14H19NO4/c1-18-13-7-6-12(15(16)17)10-14(13)19-9-8-11-4-2-3-5-11/h6-7,10-11H,2-5,8-9H2,1H3. The molecule has 1 aromatic rings. The van der Waals surface area contributed by atoms with Crippen LogP contribution in [0, 0.1) is 16.0 Å². The van der Waals surface area contributed by atoms with Crippen LogP contribution in [-0.2, 0) is 0 Å². The molecule has 1 aliphatic rings. The van der Waals surface area contributed by atoms with Gasteiger partial charge in [0.15, 0.2) is 11.5 Å². The summed E-state index contributed by atoms with van der Waals surface area (Å²) in [5, 5.41) is 10.7. The Bertz CT molecular complexity index is 441. The molecule has 0 aliphatic heterocycles. The van der Waals surface area contributed by atoms with Crippen molar-refractivity contribution in [3.05, 3.63) is 28.3 Å². The monoisotopic (exact) mass is 265 g/mol. The van der Waals surface area contributed by atoms with Crippen molar-refractivity contribution in [2.75, 3.05) is 13.7 Å². The minimum atomic E-state index is -0.427. The molecule has 0 bridgehead atoms. The average Bonchev–Trinajstić information content (AvgIpc) is 2.91. The lowest BCUT2D eigenvalue weighted by Gasteiger charge is -2.12. The van der Waals surface area contributed by atoms with Gasteiger partial charge in [0, 0.05) is 6.07 Å². The summed E-state index contributed by atoms with van der Waals surface area (Å²) < 4.78 is 10.8. The molecule has 0 N–H and O–H groups in total. The highest BCUT2D eigenvalue weighted by molar-refractivity contribution is 5.48. The molecule has 0 amide bonds. The second-order valence-electron chi connectivity index (χ2n) is 4.88. The van der Waals surface area contributed by atoms with Gasteiger partial charge >= 0.3 is 0 Å². The zero-order valence-electron chi connectivity index (χ0n) is 11.1. The Morgan fingerprint density at radius 2 is 2.05 bits per heavy atom. The predicted octanol–water partition coefficient (Wildman–Crippen LogP) is 3.56. The molecule has 104 valence electrons. The first-order chi connectivity index (χ1) is 9.20. The Labute approximate surface area is 112 Å². The third-order valence-corrected chi connectivity index (χ3v) is 3.62. The normalized spacial score (nSPS) is 15.4. The number of ether oxygens (including phenoxy) is 2. The van der Waals surface area contributed by atoms with Gasteiger partial charge in [-0.1, -0.05) is 25.7 Å². The van der Waals surface area contributed by atoms with Crippen LogP contribution in [0.1, 0.15) is 32.1 Å². The quantitative estimate of drug-likeness (QED) is 0.582. The number of hydrogen-bond donors (Lipinski definition) is 0. The van der Waals surface area contributed by atoms with Gasteiger partial charge in [0.1, 0.15) is 0 Å². The molecular weight excluding hydrogens is 246 g/mol. The molecule has 0 aromatic heterocycles. The Morgan fingerprint density at radius 1 is 1.32 bits per heavy atom. The van der Waals surface area contributed by atoms with Crippen molar-refractivity contribution in [2.45, 2.75) is 32.1 Å². The fourth-order valence-corrected chi connectivity index (χ4v) is 2.53. The molecule has 1 fully saturated rings. The lowest BCUT2D eigenvalue weighted by atomic mass is 10.1. The van der Waals surface area contributed by atoms with Gasteiger partial charge < -0.3 is 9.47 Å². The second kappa shape index (κ2) is 6.41. The molecule has 19 heavy (non-hydrogen) atoms. The lowest BCUT2D eigenvalue weighted by Crippen LogP contribution is -2.05. The number of nitrogens with zero attached hydrogens (tertiary/aromatic N) is 1. The Kier molecular flexibility index (Phi) is 4.60. The number of non-ortho nitro benzene ring substituents is 1. The van der Waals surface area contributed by atoms with E-state index in [0.29, 0.717) is 18.1 Å². The van der Waals surface area contributed by atoms with Crippen molar-refractivity contribution in [3.8, 4) is 11.5 Å². The van der Waals surface area contributed by atoms with Crippen LogP contribution in [-0.4, -0.2) is 18.6 Å². The number of nitro benzene ring substituents is 1. The van der Waals surface area contributed by atoms with Crippen LogP contribution in [0.15, 0.2) is 18.2 Å². The van der Waals surface area contributed by atoms with Crippen molar-refractivity contribution in [1.82, 2.24) is 0 Å². The van der Waals surface area contributed by atoms with Gasteiger partial charge in [0.2, 0.25) is 0 Å². The fourth-order valence-electron chi connectivity index (χ4n) is 2.53. The molecule has 1 aliphatic carbocycles. The molecular formula is C14H19NO4. The van der Waals surface area contributed by atoms with Crippen molar-refractivity contribution < 1.29 is 14.4 Å². The first-order valence-electron chi connectivity index (χ1n) is 6.66. The molecule has 2 rings (SSSR count). The summed E-state index contributed by atoms with van der Waals surface area (Å²) in [4.78, 5) is 10.3. The van der Waals surface area contributed by atoms with Gasteiger partial charge in [-0.25, -0.2) is 0 Å². The molecule has 0 saturated heterocycles. The van der Waals surface area contributed by atoms with E-state index in [1.165, 1.54) is 44.9 Å². The molecule has 0 atom stereocenters. The highest BCUT2D eigenvalue weighted by atomic mass is 16.6. The molecule has 1 saturated carbocycles. The number of methoxy groups -OCH3 is 1. The Balaban J connectivity index is 1.96. The Hall–Kier alpha value is -1.78. The minimum absolute atomic E-state index is 0.0247. The van der Waals surface area contributed by atoms with E-state index in [4.69, 9.17) is 9.47 Å². The molecule has 5 heteroatoms. The third kappa shape index (κ3) is 3.59. The summed E-state index contributed by atoms with van der Waals surface area (Å²) in [6.45, 7) is 0.586. The first-order valence-corrected chi connectivity index (χ1v) is 6.66. The maximum atomic E-state index is 10.7. The van der Waals surface area contributed by atoms with Gasteiger partial charge in [-0.3, -0.25) is 10.1 Å². The van der Waals surface area contributed by atoms with E-state index in [1.54, 1.807) is 6.07 Å². The zero-order chi connectivity index (χ0) is 13.7. The molecule has 1 aromatic carbocycles. The highest BCUT2D eigenvalue weighted by Crippen LogP contribution is 2.32. The van der Waals surface area contributed by atoms with Crippen LogP contribution in [0.4, 0.5) is 5.69 Å². The summed E-state index contributed by atoms with van der Waals surface area (Å²) in [6, 6.07) is 4.42. The van der Waals surface area contributed by atoms with Gasteiger partial charge in [-0.05, 0) is 18.4 Å². The SMILES string of the molecule is COc1ccc([N+](=O)[O-])cc1OCCC1CCCC1. The van der Waals surface area contributed by atoms with E-state index < -0.39 is 4.92 Å². The van der Waals surface area contributed by atoms with Crippen LogP contribution >= 0.6 is 0 Å². The summed E-state index contributed by atoms with van der Waals surface area (Å²) in [5.41, 5.74) is 0.0247. The molecule has 0 spiro atoms. The second-order valence-corrected chi connectivity index (χ2v) is 4.88. The van der Waals surface area contributed by atoms with E-state index in [9.17, 15) is 10.1 Å². The van der Waals surface area contributed by atoms with E-state index in [2.05, 4.69) is 0 Å². The van der Waals surface area contributed by atoms with Crippen molar-refractivity contribution in [3.63, 3.8) is 0 Å². The molecule has 5 nitrogen and oxygen atoms in total. The largest absolute Gasteiger partial charge is 0.493 e. The number of benzene rings is 1. The molecule has 0 unspecified atom stereocenters. The molecule has 0 heterocycles. The predicted molar refractivity (Wildman–Crippen MR) is 71.7 cm³/mol. The number of nitro groups is 1. The van der Waals surface area contributed by atoms with Gasteiger partial charge in [-0.2, -0.15) is 0 Å². The first kappa shape index (κ1) is 13.6. The summed E-state index contributed by atoms with van der Waals surface area (Å²) in [5.74, 6) is 1.73. The van der Waals surface area contributed by atoms with Crippen molar-refractivity contribution in [2.24, 2.45) is 5.92 Å². The van der Waals surface area contributed by atoms with Crippen LogP contribution in [0.3, 0.4) is 0 Å². The van der Waals surface area contributed by atoms with Crippen LogP contribution in [0.2, 0.25) is 0 Å². The van der Waals surface area contributed by atoms with Gasteiger partial charge in [0.05, 0.1) is 24.7 Å². The van der Waals surface area contributed by atoms with Crippen LogP contribution < -0.4 is 9.47 Å². The third-order valence-electron chi connectivity index (χ3n) is 3.62. The highest BCUT2D eigenvalue weighted by Gasteiger charge is 2.16. The number of hydrogen-bond acceptors (Lipinski definition) is 4. The summed E-state index contributed by atoms with van der Waals surface area (Å²) in [6.07, 6.45) is 6.17. The maximum Gasteiger partial charge on any atom is 0.273 e. The maximum absolute atomic E-state index is 10.7. The van der Waals surface area contributed by atoms with E-state index >= 15 is 0 Å². The van der Waals surface area contributed by atoms with Crippen LogP contribution in [0.5, 0.6) is 11.5 Å². The summed E-state index contributed by atoms with van der Waals surface area (Å²) >= 11 is 0. The molecule has 0 radical (unpaired) electrons. The van der Waals surface area contributed by atoms with E-state index in [1.807, 2.05) is 0 Å². The topological polar surface area (TPSA) is 61.6 Å². The fraction of sp³-hybridized carbons (Fsp3) is 0.571. The average molecular weight is 265 g/mol. The van der Waals surface area contributed by atoms with E-state index in [-0.39, 0.29) is 5.69 Å². The lowest BCUT2D eigenvalue weighted by molar-refractivity contribution is -0.385. The van der Waals surface area contributed by atoms with E-state index in [0.717, 1.165) is 12.3 Å². The minimum Gasteiger partial charge on any atom is -0.493 e. The summed E-state index contributed by atoms with van der Waals surface area (Å²) in [7, 11) is 1.53. The van der Waals surface area contributed by atoms with Crippen molar-refractivity contribution in [1.29, 1.82) is 0 Å². The van der Waals surface area contributed by atoms with Gasteiger partial charge in [0.25, 0.3) is 5.69 Å². The van der Waals surface area contributed by atoms with Crippen molar-refractivity contribution >= 4 is 5.69 Å². The van der Waals surface area contributed by atoms with Gasteiger partial charge in [-0.15, -0.1) is 0 Å². The number of rotatable bonds is 6. The zero-order valence-corrected chi connectivity index (χ0v) is 11.1. The smallest absolute Gasteiger partial charge is 0.273 e. The Morgan fingerprint density at radius 3 is 2.68 bits per heavy atom.